The molecule has 0 heterocycles. The minimum Gasteiger partial charge on any atom is -0.480 e. The monoisotopic (exact) mass is 236 g/mol. The molecule has 0 radical (unpaired) electrons. The second kappa shape index (κ2) is 4.91. The molecular weight excluding hydrogens is 220 g/mol. The van der Waals surface area contributed by atoms with E-state index in [2.05, 4.69) is 4.72 Å². The molecule has 0 saturated heterocycles. The van der Waals surface area contributed by atoms with E-state index in [-0.39, 0.29) is 12.1 Å². The van der Waals surface area contributed by atoms with Gasteiger partial charge >= 0.3 is 5.97 Å². The first-order valence-corrected chi connectivity index (χ1v) is 6.51. The Morgan fingerprint density at radius 2 is 1.87 bits per heavy atom. The summed E-state index contributed by atoms with van der Waals surface area (Å²) in [4.78, 5) is 10.3. The molecule has 1 aliphatic carbocycles. The number of carbonyl (C=O) groups is 1. The van der Waals surface area contributed by atoms with Crippen molar-refractivity contribution < 1.29 is 18.3 Å². The summed E-state index contributed by atoms with van der Waals surface area (Å²) in [6, 6.07) is -0.0145. The van der Waals surface area contributed by atoms with Gasteiger partial charge in [-0.1, -0.05) is 0 Å². The molecular formula is C8H16N2O4S. The van der Waals surface area contributed by atoms with E-state index >= 15 is 0 Å². The molecule has 1 saturated carbocycles. The van der Waals surface area contributed by atoms with Crippen LogP contribution >= 0.6 is 0 Å². The number of carboxylic acid groups (broad SMARTS) is 1. The van der Waals surface area contributed by atoms with Crippen molar-refractivity contribution in [1.82, 2.24) is 4.72 Å². The van der Waals surface area contributed by atoms with E-state index in [0.29, 0.717) is 12.8 Å². The van der Waals surface area contributed by atoms with Crippen LogP contribution in [0, 0.1) is 0 Å². The first-order chi connectivity index (χ1) is 6.89. The van der Waals surface area contributed by atoms with E-state index in [1.165, 1.54) is 0 Å². The van der Waals surface area contributed by atoms with Crippen molar-refractivity contribution >= 4 is 16.0 Å². The molecule has 1 fully saturated rings. The zero-order valence-corrected chi connectivity index (χ0v) is 9.16. The second-order valence-corrected chi connectivity index (χ2v) is 5.64. The highest BCUT2D eigenvalue weighted by atomic mass is 32.2. The Bertz CT molecular complexity index is 320. The molecule has 0 aromatic carbocycles. The lowest BCUT2D eigenvalue weighted by molar-refractivity contribution is -0.134. The van der Waals surface area contributed by atoms with Crippen molar-refractivity contribution in [2.75, 3.05) is 5.75 Å². The molecule has 0 spiro atoms. The first-order valence-electron chi connectivity index (χ1n) is 4.86. The predicted molar refractivity (Wildman–Crippen MR) is 54.8 cm³/mol. The molecule has 4 N–H and O–H groups in total. The van der Waals surface area contributed by atoms with Gasteiger partial charge in [0.2, 0.25) is 10.0 Å². The summed E-state index contributed by atoms with van der Waals surface area (Å²) in [7, 11) is -3.69. The molecule has 0 aromatic heterocycles. The third-order valence-corrected chi connectivity index (χ3v) is 3.75. The highest BCUT2D eigenvalue weighted by Gasteiger charge is 2.24. The number of aliphatic carboxylic acids is 1. The lowest BCUT2D eigenvalue weighted by atomic mass is 9.93. The molecule has 1 rings (SSSR count). The van der Waals surface area contributed by atoms with Gasteiger partial charge in [0.25, 0.3) is 0 Å². The summed E-state index contributed by atoms with van der Waals surface area (Å²) in [5, 5.41) is 8.38. The Balaban J connectivity index is 2.44. The topological polar surface area (TPSA) is 109 Å². The van der Waals surface area contributed by atoms with Crippen LogP contribution < -0.4 is 10.5 Å². The number of nitrogens with two attached hydrogens (primary N) is 1. The van der Waals surface area contributed by atoms with Gasteiger partial charge in [-0.05, 0) is 25.7 Å². The van der Waals surface area contributed by atoms with Crippen LogP contribution in [-0.2, 0) is 14.8 Å². The predicted octanol–water partition coefficient (Wildman–Crippen LogP) is -0.740. The molecule has 6 nitrogen and oxygen atoms in total. The average molecular weight is 236 g/mol. The third kappa shape index (κ3) is 4.59. The summed E-state index contributed by atoms with van der Waals surface area (Å²) in [6.07, 6.45) is 2.92. The van der Waals surface area contributed by atoms with Gasteiger partial charge in [0, 0.05) is 12.1 Å². The van der Waals surface area contributed by atoms with Gasteiger partial charge in [0.15, 0.2) is 5.75 Å². The molecule has 0 unspecified atom stereocenters. The SMILES string of the molecule is NC1CCC(NS(=O)(=O)CC(=O)O)CC1. The fraction of sp³-hybridized carbons (Fsp3) is 0.875. The average Bonchev–Trinajstić information content (AvgIpc) is 2.06. The minimum atomic E-state index is -3.69. The molecule has 15 heavy (non-hydrogen) atoms. The van der Waals surface area contributed by atoms with Gasteiger partial charge in [-0.15, -0.1) is 0 Å². The molecule has 1 aliphatic rings. The number of rotatable bonds is 4. The maximum Gasteiger partial charge on any atom is 0.320 e. The smallest absolute Gasteiger partial charge is 0.320 e. The van der Waals surface area contributed by atoms with E-state index in [9.17, 15) is 13.2 Å². The van der Waals surface area contributed by atoms with Gasteiger partial charge in [-0.2, -0.15) is 0 Å². The van der Waals surface area contributed by atoms with E-state index < -0.39 is 21.7 Å². The van der Waals surface area contributed by atoms with E-state index in [4.69, 9.17) is 10.8 Å². The Morgan fingerprint density at radius 1 is 1.33 bits per heavy atom. The largest absolute Gasteiger partial charge is 0.480 e. The number of hydrogen-bond donors (Lipinski definition) is 3. The third-order valence-electron chi connectivity index (χ3n) is 2.43. The molecule has 0 amide bonds. The van der Waals surface area contributed by atoms with Crippen LogP contribution in [0.1, 0.15) is 25.7 Å². The summed E-state index contributed by atoms with van der Waals surface area (Å²) in [5.74, 6) is -2.20. The van der Waals surface area contributed by atoms with Crippen LogP contribution in [0.4, 0.5) is 0 Å². The van der Waals surface area contributed by atoms with Crippen LogP contribution in [0.2, 0.25) is 0 Å². The first kappa shape index (κ1) is 12.4. The van der Waals surface area contributed by atoms with Crippen LogP contribution in [0.3, 0.4) is 0 Å². The number of hydrogen-bond acceptors (Lipinski definition) is 4. The summed E-state index contributed by atoms with van der Waals surface area (Å²) < 4.78 is 24.9. The van der Waals surface area contributed by atoms with Crippen molar-refractivity contribution in [1.29, 1.82) is 0 Å². The summed E-state index contributed by atoms with van der Waals surface area (Å²) >= 11 is 0. The van der Waals surface area contributed by atoms with E-state index in [1.54, 1.807) is 0 Å². The minimum absolute atomic E-state index is 0.144. The molecule has 7 heteroatoms. The standard InChI is InChI=1S/C8H16N2O4S/c9-6-1-3-7(4-2-6)10-15(13,14)5-8(11)12/h6-7,10H,1-5,9H2,(H,11,12). The maximum absolute atomic E-state index is 11.3. The lowest BCUT2D eigenvalue weighted by Gasteiger charge is -2.26. The van der Waals surface area contributed by atoms with Crippen LogP contribution in [0.25, 0.3) is 0 Å². The highest BCUT2D eigenvalue weighted by Crippen LogP contribution is 2.17. The molecule has 0 atom stereocenters. The molecule has 0 aromatic rings. The van der Waals surface area contributed by atoms with E-state index in [1.807, 2.05) is 0 Å². The van der Waals surface area contributed by atoms with Crippen molar-refractivity contribution in [2.45, 2.75) is 37.8 Å². The molecule has 0 aliphatic heterocycles. The highest BCUT2D eigenvalue weighted by molar-refractivity contribution is 7.90. The van der Waals surface area contributed by atoms with Crippen molar-refractivity contribution in [3.05, 3.63) is 0 Å². The summed E-state index contributed by atoms with van der Waals surface area (Å²) in [6.45, 7) is 0. The zero-order chi connectivity index (χ0) is 11.5. The van der Waals surface area contributed by atoms with Crippen LogP contribution in [0.15, 0.2) is 0 Å². The second-order valence-electron chi connectivity index (χ2n) is 3.88. The van der Waals surface area contributed by atoms with Crippen LogP contribution in [-0.4, -0.2) is 37.3 Å². The zero-order valence-electron chi connectivity index (χ0n) is 8.35. The van der Waals surface area contributed by atoms with Gasteiger partial charge in [-0.3, -0.25) is 4.79 Å². The summed E-state index contributed by atoms with van der Waals surface area (Å²) in [5.41, 5.74) is 5.67. The number of sulfonamides is 1. The Hall–Kier alpha value is -0.660. The van der Waals surface area contributed by atoms with Crippen molar-refractivity contribution in [3.8, 4) is 0 Å². The van der Waals surface area contributed by atoms with Gasteiger partial charge in [0.1, 0.15) is 0 Å². The van der Waals surface area contributed by atoms with Gasteiger partial charge < -0.3 is 10.8 Å². The van der Waals surface area contributed by atoms with Crippen molar-refractivity contribution in [3.63, 3.8) is 0 Å². The van der Waals surface area contributed by atoms with Gasteiger partial charge in [-0.25, -0.2) is 13.1 Å². The Kier molecular flexibility index (Phi) is 4.06. The Morgan fingerprint density at radius 3 is 2.33 bits per heavy atom. The number of carboxylic acids is 1. The van der Waals surface area contributed by atoms with Crippen LogP contribution in [0.5, 0.6) is 0 Å². The normalized spacial score (nSPS) is 27.5. The lowest BCUT2D eigenvalue weighted by Crippen LogP contribution is -2.42. The quantitative estimate of drug-likeness (QED) is 0.595. The van der Waals surface area contributed by atoms with E-state index in [0.717, 1.165) is 12.8 Å². The molecule has 0 bridgehead atoms. The maximum atomic E-state index is 11.3. The fourth-order valence-corrected chi connectivity index (χ4v) is 2.85. The number of nitrogens with one attached hydrogen (secondary N) is 1. The Labute approximate surface area is 88.9 Å². The van der Waals surface area contributed by atoms with Gasteiger partial charge in [0.05, 0.1) is 0 Å². The molecule has 88 valence electrons. The van der Waals surface area contributed by atoms with Crippen molar-refractivity contribution in [2.24, 2.45) is 5.73 Å². The fourth-order valence-electron chi connectivity index (χ4n) is 1.70.